The number of aromatic nitrogens is 2. The van der Waals surface area contributed by atoms with Crippen LogP contribution in [0.5, 0.6) is 5.88 Å². The van der Waals surface area contributed by atoms with Gasteiger partial charge in [0, 0.05) is 11.6 Å². The smallest absolute Gasteiger partial charge is 0.417 e. The van der Waals surface area contributed by atoms with Gasteiger partial charge in [0.15, 0.2) is 23.0 Å². The zero-order valence-electron chi connectivity index (χ0n) is 15.2. The lowest BCUT2D eigenvalue weighted by atomic mass is 10.1. The largest absolute Gasteiger partial charge is 0.435 e. The third-order valence-corrected chi connectivity index (χ3v) is 3.97. The van der Waals surface area contributed by atoms with Gasteiger partial charge in [0.25, 0.3) is 0 Å². The number of rotatable bonds is 5. The Kier molecular flexibility index (Phi) is 6.01. The molecule has 3 rings (SSSR count). The van der Waals surface area contributed by atoms with Crippen molar-refractivity contribution in [1.29, 1.82) is 0 Å². The highest BCUT2D eigenvalue weighted by atomic mass is 19.4. The molecule has 0 N–H and O–H groups in total. The second-order valence-electron chi connectivity index (χ2n) is 5.99. The minimum Gasteiger partial charge on any atom is -0.417 e. The van der Waals surface area contributed by atoms with E-state index in [1.165, 1.54) is 42.5 Å². The van der Waals surface area contributed by atoms with Gasteiger partial charge in [-0.05, 0) is 29.8 Å². The summed E-state index contributed by atoms with van der Waals surface area (Å²) in [6.07, 6.45) is -3.65. The van der Waals surface area contributed by atoms with Gasteiger partial charge in [-0.2, -0.15) is 27.1 Å². The van der Waals surface area contributed by atoms with Crippen LogP contribution in [-0.4, -0.2) is 16.4 Å². The van der Waals surface area contributed by atoms with Gasteiger partial charge >= 0.3 is 12.8 Å². The quantitative estimate of drug-likeness (QED) is 0.269. The molecule has 0 amide bonds. The molecule has 4 nitrogen and oxygen atoms in total. The van der Waals surface area contributed by atoms with Crippen LogP contribution in [0.2, 0.25) is 0 Å². The highest BCUT2D eigenvalue weighted by Crippen LogP contribution is 2.33. The van der Waals surface area contributed by atoms with E-state index in [0.29, 0.717) is 16.3 Å². The molecule has 0 radical (unpaired) electrons. The summed E-state index contributed by atoms with van der Waals surface area (Å²) >= 11 is 0. The number of hydrogen-bond donors (Lipinski definition) is 0. The molecule has 3 aromatic rings. The van der Waals surface area contributed by atoms with E-state index in [1.807, 2.05) is 0 Å². The molecule has 1 aromatic heterocycles. The highest BCUT2D eigenvalue weighted by Gasteiger charge is 2.36. The summed E-state index contributed by atoms with van der Waals surface area (Å²) in [5.41, 5.74) is -1.63. The normalized spacial score (nSPS) is 12.2. The van der Waals surface area contributed by atoms with Gasteiger partial charge < -0.3 is 4.74 Å². The van der Waals surface area contributed by atoms with Gasteiger partial charge in [-0.1, -0.05) is 24.3 Å². The Hall–Kier alpha value is -3.81. The van der Waals surface area contributed by atoms with Crippen LogP contribution in [0.1, 0.15) is 16.8 Å². The van der Waals surface area contributed by atoms with E-state index in [1.54, 1.807) is 0 Å². The summed E-state index contributed by atoms with van der Waals surface area (Å²) in [6, 6.07) is 8.82. The van der Waals surface area contributed by atoms with Crippen LogP contribution in [0.15, 0.2) is 48.5 Å². The zero-order valence-corrected chi connectivity index (χ0v) is 15.2. The Labute approximate surface area is 170 Å². The molecule has 0 aliphatic heterocycles. The maximum atomic E-state index is 13.9. The number of halogens is 7. The summed E-state index contributed by atoms with van der Waals surface area (Å²) in [5.74, 6) is -3.16. The first-order valence-electron chi connectivity index (χ1n) is 8.36. The molecule has 0 aliphatic rings. The lowest BCUT2D eigenvalue weighted by Crippen LogP contribution is -2.09. The summed E-state index contributed by atoms with van der Waals surface area (Å²) < 4.78 is 95.8. The summed E-state index contributed by atoms with van der Waals surface area (Å²) in [5, 5.41) is 3.26. The summed E-state index contributed by atoms with van der Waals surface area (Å²) in [4.78, 5) is 3.17. The Bertz CT molecular complexity index is 1160. The van der Waals surface area contributed by atoms with E-state index in [4.69, 9.17) is 6.57 Å². The molecule has 0 spiro atoms. The molecule has 1 heterocycles. The van der Waals surface area contributed by atoms with Crippen molar-refractivity contribution in [2.45, 2.75) is 12.8 Å². The van der Waals surface area contributed by atoms with E-state index in [-0.39, 0.29) is 16.9 Å². The molecule has 11 heteroatoms. The van der Waals surface area contributed by atoms with Crippen molar-refractivity contribution in [2.75, 3.05) is 0 Å². The lowest BCUT2D eigenvalue weighted by molar-refractivity contribution is -0.141. The average Bonchev–Trinajstić information content (AvgIpc) is 3.12. The average molecular weight is 441 g/mol. The fourth-order valence-electron chi connectivity index (χ4n) is 2.60. The van der Waals surface area contributed by atoms with Crippen molar-refractivity contribution in [1.82, 2.24) is 9.78 Å². The van der Waals surface area contributed by atoms with Crippen molar-refractivity contribution < 1.29 is 35.5 Å². The Balaban J connectivity index is 1.98. The third-order valence-electron chi connectivity index (χ3n) is 3.97. The topological polar surface area (TPSA) is 31.4 Å². The maximum absolute atomic E-state index is 13.9. The molecule has 0 bridgehead atoms. The molecule has 31 heavy (non-hydrogen) atoms. The van der Waals surface area contributed by atoms with Crippen LogP contribution in [0.25, 0.3) is 22.3 Å². The first-order valence-corrected chi connectivity index (χ1v) is 8.36. The number of alkyl halides is 5. The minimum absolute atomic E-state index is 0.0374. The summed E-state index contributed by atoms with van der Waals surface area (Å²) in [7, 11) is 0. The Morgan fingerprint density at radius 3 is 2.35 bits per heavy atom. The van der Waals surface area contributed by atoms with E-state index in [0.717, 1.165) is 6.07 Å². The van der Waals surface area contributed by atoms with E-state index >= 15 is 0 Å². The van der Waals surface area contributed by atoms with Gasteiger partial charge in [-0.3, -0.25) is 0 Å². The molecule has 0 saturated heterocycles. The lowest BCUT2D eigenvalue weighted by Gasteiger charge is -2.08. The molecule has 160 valence electrons. The van der Waals surface area contributed by atoms with Crippen molar-refractivity contribution >= 4 is 11.8 Å². The first-order chi connectivity index (χ1) is 14.6. The van der Waals surface area contributed by atoms with Crippen LogP contribution in [-0.2, 0) is 6.18 Å². The second-order valence-corrected chi connectivity index (χ2v) is 5.99. The number of benzene rings is 2. The minimum atomic E-state index is -4.88. The number of ether oxygens (including phenoxy) is 1. The van der Waals surface area contributed by atoms with Gasteiger partial charge in [-0.15, -0.1) is 0 Å². The van der Waals surface area contributed by atoms with Crippen molar-refractivity contribution in [3.05, 3.63) is 88.4 Å². The predicted molar refractivity (Wildman–Crippen MR) is 96.0 cm³/mol. The molecular weight excluding hydrogens is 431 g/mol. The molecular formula is C20H10F7N3O. The standard InChI is InChI=1S/C20H10F7N3O/c1-28-15(13-3-2-4-14(21)18(13)22)9-11-5-7-12(8-6-11)30-17(31-19(23)24)10-16(29-30)20(25,26)27/h2-10,19H/b15-9-. The van der Waals surface area contributed by atoms with Gasteiger partial charge in [0.05, 0.1) is 12.3 Å². The van der Waals surface area contributed by atoms with Crippen LogP contribution >= 0.6 is 0 Å². The fraction of sp³-hybridized carbons (Fsp3) is 0.100. The molecule has 2 aromatic carbocycles. The zero-order chi connectivity index (χ0) is 22.8. The molecule has 0 atom stereocenters. The van der Waals surface area contributed by atoms with Gasteiger partial charge in [0.1, 0.15) is 0 Å². The SMILES string of the molecule is [C-]#[N+]/C(=C\c1ccc(-n2nc(C(F)(F)F)cc2OC(F)F)cc1)c1cccc(F)c1F. The fourth-order valence-corrected chi connectivity index (χ4v) is 2.60. The number of hydrogen-bond acceptors (Lipinski definition) is 2. The van der Waals surface area contributed by atoms with Gasteiger partial charge in [0.2, 0.25) is 5.88 Å². The highest BCUT2D eigenvalue weighted by molar-refractivity contribution is 5.85. The van der Waals surface area contributed by atoms with E-state index < -0.39 is 36.0 Å². The van der Waals surface area contributed by atoms with E-state index in [2.05, 4.69) is 14.7 Å². The van der Waals surface area contributed by atoms with Crippen molar-refractivity contribution in [3.63, 3.8) is 0 Å². The monoisotopic (exact) mass is 441 g/mol. The number of nitrogens with zero attached hydrogens (tertiary/aromatic N) is 3. The Morgan fingerprint density at radius 2 is 1.77 bits per heavy atom. The van der Waals surface area contributed by atoms with Crippen LogP contribution in [0.4, 0.5) is 30.7 Å². The van der Waals surface area contributed by atoms with E-state index in [9.17, 15) is 30.7 Å². The molecule has 0 aliphatic carbocycles. The summed E-state index contributed by atoms with van der Waals surface area (Å²) in [6.45, 7) is 3.83. The van der Waals surface area contributed by atoms with Crippen molar-refractivity contribution in [3.8, 4) is 11.6 Å². The van der Waals surface area contributed by atoms with Crippen LogP contribution in [0.3, 0.4) is 0 Å². The van der Waals surface area contributed by atoms with Gasteiger partial charge in [-0.25, -0.2) is 18.3 Å². The predicted octanol–water partition coefficient (Wildman–Crippen LogP) is 6.19. The second kappa shape index (κ2) is 8.51. The molecule has 0 fully saturated rings. The third kappa shape index (κ3) is 4.85. The van der Waals surface area contributed by atoms with Crippen molar-refractivity contribution in [2.24, 2.45) is 0 Å². The van der Waals surface area contributed by atoms with Crippen LogP contribution < -0.4 is 4.74 Å². The molecule has 0 unspecified atom stereocenters. The Morgan fingerprint density at radius 1 is 1.10 bits per heavy atom. The first kappa shape index (κ1) is 21.9. The van der Waals surface area contributed by atoms with Crippen LogP contribution in [0, 0.1) is 18.2 Å². The maximum Gasteiger partial charge on any atom is 0.435 e. The molecule has 0 saturated carbocycles.